The van der Waals surface area contributed by atoms with Crippen molar-refractivity contribution in [2.45, 2.75) is 51.1 Å². The molecule has 0 aliphatic carbocycles. The van der Waals surface area contributed by atoms with Crippen LogP contribution >= 0.6 is 0 Å². The van der Waals surface area contributed by atoms with E-state index in [4.69, 9.17) is 0 Å². The number of aliphatic carboxylic acids is 1. The number of likely N-dealkylation sites (N-methyl/N-ethyl adjacent to an activating group) is 1. The molecular weight excluding hydrogens is 204 g/mol. The minimum absolute atomic E-state index is 0.495. The van der Waals surface area contributed by atoms with Gasteiger partial charge >= 0.3 is 5.97 Å². The van der Waals surface area contributed by atoms with Crippen LogP contribution in [0, 0.1) is 0 Å². The highest BCUT2D eigenvalue weighted by Crippen LogP contribution is 2.19. The van der Waals surface area contributed by atoms with Crippen molar-refractivity contribution in [2.24, 2.45) is 0 Å². The Morgan fingerprint density at radius 3 is 2.75 bits per heavy atom. The van der Waals surface area contributed by atoms with Gasteiger partial charge in [0.25, 0.3) is 0 Å². The Kier molecular flexibility index (Phi) is 4.74. The topological polar surface area (TPSA) is 52.6 Å². The standard InChI is InChI=1S/C12H24N2O2/c1-10-7-5-4-6-8-14(10)9-12(2,13-3)11(15)16/h10,13H,4-9H2,1-3H3,(H,15,16). The normalized spacial score (nSPS) is 27.1. The van der Waals surface area contributed by atoms with Crippen LogP contribution in [-0.4, -0.2) is 47.7 Å². The van der Waals surface area contributed by atoms with Crippen molar-refractivity contribution in [2.75, 3.05) is 20.1 Å². The zero-order valence-corrected chi connectivity index (χ0v) is 10.6. The number of hydrogen-bond donors (Lipinski definition) is 2. The molecule has 0 aromatic heterocycles. The van der Waals surface area contributed by atoms with Crippen LogP contribution in [0.25, 0.3) is 0 Å². The predicted molar refractivity (Wildman–Crippen MR) is 64.6 cm³/mol. The van der Waals surface area contributed by atoms with Crippen molar-refractivity contribution in [3.05, 3.63) is 0 Å². The first-order valence-corrected chi connectivity index (χ1v) is 6.16. The van der Waals surface area contributed by atoms with Crippen LogP contribution in [0.3, 0.4) is 0 Å². The molecule has 0 radical (unpaired) electrons. The molecule has 1 heterocycles. The van der Waals surface area contributed by atoms with Crippen molar-refractivity contribution >= 4 is 5.97 Å². The molecule has 1 aliphatic heterocycles. The molecule has 4 nitrogen and oxygen atoms in total. The molecule has 1 rings (SSSR count). The summed E-state index contributed by atoms with van der Waals surface area (Å²) in [6.45, 7) is 5.56. The van der Waals surface area contributed by atoms with Crippen molar-refractivity contribution in [1.82, 2.24) is 10.2 Å². The number of carboxylic acids is 1. The molecule has 0 aromatic rings. The largest absolute Gasteiger partial charge is 0.480 e. The van der Waals surface area contributed by atoms with Crippen molar-refractivity contribution < 1.29 is 9.90 Å². The van der Waals surface area contributed by atoms with Gasteiger partial charge in [-0.15, -0.1) is 0 Å². The van der Waals surface area contributed by atoms with Gasteiger partial charge in [0.05, 0.1) is 0 Å². The molecule has 16 heavy (non-hydrogen) atoms. The van der Waals surface area contributed by atoms with Gasteiger partial charge in [-0.05, 0) is 40.3 Å². The second-order valence-electron chi connectivity index (χ2n) is 5.06. The number of rotatable bonds is 4. The Morgan fingerprint density at radius 1 is 1.50 bits per heavy atom. The van der Waals surface area contributed by atoms with Gasteiger partial charge in [0.15, 0.2) is 0 Å². The molecule has 0 amide bonds. The Morgan fingerprint density at radius 2 is 2.19 bits per heavy atom. The third-order valence-corrected chi connectivity index (χ3v) is 3.73. The molecule has 1 fully saturated rings. The molecule has 2 N–H and O–H groups in total. The van der Waals surface area contributed by atoms with Gasteiger partial charge < -0.3 is 10.4 Å². The van der Waals surface area contributed by atoms with Crippen LogP contribution in [0.1, 0.15) is 39.5 Å². The van der Waals surface area contributed by atoms with Crippen LogP contribution in [0.15, 0.2) is 0 Å². The zero-order valence-electron chi connectivity index (χ0n) is 10.6. The lowest BCUT2D eigenvalue weighted by Gasteiger charge is -2.34. The Bertz CT molecular complexity index is 245. The minimum Gasteiger partial charge on any atom is -0.480 e. The third kappa shape index (κ3) is 3.19. The lowest BCUT2D eigenvalue weighted by Crippen LogP contribution is -2.57. The SMILES string of the molecule is CNC(C)(CN1CCCCCC1C)C(=O)O. The smallest absolute Gasteiger partial charge is 0.324 e. The van der Waals surface area contributed by atoms with E-state index in [1.165, 1.54) is 25.7 Å². The second kappa shape index (κ2) is 5.64. The molecule has 4 heteroatoms. The summed E-state index contributed by atoms with van der Waals surface area (Å²) in [6, 6.07) is 0.495. The first kappa shape index (κ1) is 13.5. The maximum atomic E-state index is 11.2. The minimum atomic E-state index is -0.835. The third-order valence-electron chi connectivity index (χ3n) is 3.73. The average molecular weight is 228 g/mol. The summed E-state index contributed by atoms with van der Waals surface area (Å²) in [5.74, 6) is -0.772. The summed E-state index contributed by atoms with van der Waals surface area (Å²) in [5.41, 5.74) is -0.835. The lowest BCUT2D eigenvalue weighted by atomic mass is 10.0. The van der Waals surface area contributed by atoms with E-state index in [1.54, 1.807) is 14.0 Å². The fourth-order valence-corrected chi connectivity index (χ4v) is 2.23. The van der Waals surface area contributed by atoms with Crippen molar-refractivity contribution in [1.29, 1.82) is 0 Å². The zero-order chi connectivity index (χ0) is 12.2. The van der Waals surface area contributed by atoms with Gasteiger partial charge in [0.2, 0.25) is 0 Å². The fraction of sp³-hybridized carbons (Fsp3) is 0.917. The number of carboxylic acid groups (broad SMARTS) is 1. The van der Waals surface area contributed by atoms with Crippen LogP contribution in [-0.2, 0) is 4.79 Å². The molecular formula is C12H24N2O2. The van der Waals surface area contributed by atoms with Crippen molar-refractivity contribution in [3.8, 4) is 0 Å². The van der Waals surface area contributed by atoms with Crippen LogP contribution < -0.4 is 5.32 Å². The molecule has 0 spiro atoms. The number of nitrogens with one attached hydrogen (secondary N) is 1. The molecule has 1 saturated heterocycles. The maximum absolute atomic E-state index is 11.2. The summed E-state index contributed by atoms with van der Waals surface area (Å²) >= 11 is 0. The molecule has 2 unspecified atom stereocenters. The quantitative estimate of drug-likeness (QED) is 0.762. The monoisotopic (exact) mass is 228 g/mol. The Balaban J connectivity index is 2.65. The van der Waals surface area contributed by atoms with Crippen molar-refractivity contribution in [3.63, 3.8) is 0 Å². The highest BCUT2D eigenvalue weighted by molar-refractivity contribution is 5.78. The first-order chi connectivity index (χ1) is 7.49. The van der Waals surface area contributed by atoms with Crippen LogP contribution in [0.5, 0.6) is 0 Å². The average Bonchev–Trinajstić information content (AvgIpc) is 2.44. The van der Waals surface area contributed by atoms with Crippen LogP contribution in [0.4, 0.5) is 0 Å². The van der Waals surface area contributed by atoms with E-state index in [1.807, 2.05) is 0 Å². The van der Waals surface area contributed by atoms with Gasteiger partial charge in [-0.2, -0.15) is 0 Å². The van der Waals surface area contributed by atoms with Gasteiger partial charge in [0, 0.05) is 12.6 Å². The van der Waals surface area contributed by atoms with Gasteiger partial charge in [-0.1, -0.05) is 12.8 Å². The fourth-order valence-electron chi connectivity index (χ4n) is 2.23. The van der Waals surface area contributed by atoms with Gasteiger partial charge in [0.1, 0.15) is 5.54 Å². The van der Waals surface area contributed by atoms with E-state index in [2.05, 4.69) is 17.1 Å². The number of likely N-dealkylation sites (tertiary alicyclic amines) is 1. The van der Waals surface area contributed by atoms with Gasteiger partial charge in [-0.25, -0.2) is 0 Å². The molecule has 2 atom stereocenters. The predicted octanol–water partition coefficient (Wildman–Crippen LogP) is 1.31. The summed E-state index contributed by atoms with van der Waals surface area (Å²) < 4.78 is 0. The number of hydrogen-bond acceptors (Lipinski definition) is 3. The van der Waals surface area contributed by atoms with E-state index >= 15 is 0 Å². The first-order valence-electron chi connectivity index (χ1n) is 6.16. The second-order valence-corrected chi connectivity index (χ2v) is 5.06. The molecule has 0 saturated carbocycles. The Labute approximate surface area is 98.0 Å². The summed E-state index contributed by atoms with van der Waals surface area (Å²) in [6.07, 6.45) is 4.90. The highest BCUT2D eigenvalue weighted by atomic mass is 16.4. The molecule has 0 bridgehead atoms. The summed E-state index contributed by atoms with van der Waals surface area (Å²) in [4.78, 5) is 13.5. The molecule has 0 aromatic carbocycles. The summed E-state index contributed by atoms with van der Waals surface area (Å²) in [5, 5.41) is 12.2. The van der Waals surface area contributed by atoms with Gasteiger partial charge in [-0.3, -0.25) is 9.69 Å². The van der Waals surface area contributed by atoms with E-state index in [9.17, 15) is 9.90 Å². The summed E-state index contributed by atoms with van der Waals surface area (Å²) in [7, 11) is 1.72. The lowest BCUT2D eigenvalue weighted by molar-refractivity contribution is -0.145. The number of carbonyl (C=O) groups is 1. The highest BCUT2D eigenvalue weighted by Gasteiger charge is 2.34. The molecule has 1 aliphatic rings. The maximum Gasteiger partial charge on any atom is 0.324 e. The van der Waals surface area contributed by atoms with E-state index < -0.39 is 11.5 Å². The van der Waals surface area contributed by atoms with Crippen LogP contribution in [0.2, 0.25) is 0 Å². The Hall–Kier alpha value is -0.610. The van der Waals surface area contributed by atoms with E-state index in [0.717, 1.165) is 6.54 Å². The van der Waals surface area contributed by atoms with E-state index in [-0.39, 0.29) is 0 Å². The molecule has 94 valence electrons. The number of nitrogens with zero attached hydrogens (tertiary/aromatic N) is 1. The van der Waals surface area contributed by atoms with E-state index in [0.29, 0.717) is 12.6 Å².